The largest absolute Gasteiger partial charge is 0.0831 e. The second-order valence-electron chi connectivity index (χ2n) is 2.40. The molecular formula is C9H12Cl2. The highest BCUT2D eigenvalue weighted by molar-refractivity contribution is 6.43. The van der Waals surface area contributed by atoms with Gasteiger partial charge in [0.05, 0.1) is 10.1 Å². The molecule has 0 aliphatic rings. The van der Waals surface area contributed by atoms with E-state index in [4.69, 9.17) is 23.2 Å². The van der Waals surface area contributed by atoms with E-state index in [-0.39, 0.29) is 0 Å². The van der Waals surface area contributed by atoms with Gasteiger partial charge in [-0.3, -0.25) is 0 Å². The van der Waals surface area contributed by atoms with E-state index in [2.05, 4.69) is 0 Å². The standard InChI is InChI=1S/C9H12Cl2/c1-4-8(10)9(11)6-5-7(2)3/h4-6H,1-3H3/b8-4+,9-6+. The van der Waals surface area contributed by atoms with Gasteiger partial charge in [0, 0.05) is 0 Å². The maximum atomic E-state index is 5.79. The maximum Gasteiger partial charge on any atom is 0.0588 e. The highest BCUT2D eigenvalue weighted by Crippen LogP contribution is 2.18. The third kappa shape index (κ3) is 5.11. The number of hydrogen-bond donors (Lipinski definition) is 0. The van der Waals surface area contributed by atoms with Crippen LogP contribution in [-0.2, 0) is 0 Å². The molecule has 0 atom stereocenters. The molecule has 0 radical (unpaired) electrons. The maximum absolute atomic E-state index is 5.79. The summed E-state index contributed by atoms with van der Waals surface area (Å²) in [5.74, 6) is 0. The number of allylic oxidation sites excluding steroid dienone is 6. The highest BCUT2D eigenvalue weighted by Gasteiger charge is 1.93. The Morgan fingerprint density at radius 3 is 1.91 bits per heavy atom. The predicted molar refractivity (Wildman–Crippen MR) is 53.0 cm³/mol. The smallest absolute Gasteiger partial charge is 0.0588 e. The van der Waals surface area contributed by atoms with Gasteiger partial charge in [-0.2, -0.15) is 0 Å². The second-order valence-corrected chi connectivity index (χ2v) is 3.21. The summed E-state index contributed by atoms with van der Waals surface area (Å²) in [7, 11) is 0. The van der Waals surface area contributed by atoms with Crippen LogP contribution in [0.2, 0.25) is 0 Å². The van der Waals surface area contributed by atoms with E-state index in [0.29, 0.717) is 10.1 Å². The van der Waals surface area contributed by atoms with E-state index in [1.54, 1.807) is 12.2 Å². The van der Waals surface area contributed by atoms with Crippen molar-refractivity contribution in [1.29, 1.82) is 0 Å². The summed E-state index contributed by atoms with van der Waals surface area (Å²) in [6.07, 6.45) is 5.48. The summed E-state index contributed by atoms with van der Waals surface area (Å²) in [5, 5.41) is 1.17. The van der Waals surface area contributed by atoms with Crippen LogP contribution in [0.3, 0.4) is 0 Å². The van der Waals surface area contributed by atoms with Crippen LogP contribution in [0.5, 0.6) is 0 Å². The van der Waals surface area contributed by atoms with Crippen LogP contribution >= 0.6 is 23.2 Å². The Balaban J connectivity index is 4.36. The Hall–Kier alpha value is -0.200. The van der Waals surface area contributed by atoms with E-state index < -0.39 is 0 Å². The molecule has 0 aromatic heterocycles. The van der Waals surface area contributed by atoms with Crippen molar-refractivity contribution in [2.45, 2.75) is 20.8 Å². The SMILES string of the molecule is C/C=C(Cl)\C(Cl)=C/C=C(C)C. The zero-order valence-corrected chi connectivity index (χ0v) is 8.50. The van der Waals surface area contributed by atoms with Gasteiger partial charge in [-0.15, -0.1) is 0 Å². The molecule has 0 fully saturated rings. The minimum Gasteiger partial charge on any atom is -0.0831 e. The van der Waals surface area contributed by atoms with E-state index in [1.165, 1.54) is 5.57 Å². The first-order valence-corrected chi connectivity index (χ1v) is 4.16. The highest BCUT2D eigenvalue weighted by atomic mass is 35.5. The lowest BCUT2D eigenvalue weighted by atomic mass is 10.3. The van der Waals surface area contributed by atoms with Crippen molar-refractivity contribution in [2.75, 3.05) is 0 Å². The van der Waals surface area contributed by atoms with Gasteiger partial charge in [0.25, 0.3) is 0 Å². The van der Waals surface area contributed by atoms with Gasteiger partial charge >= 0.3 is 0 Å². The summed E-state index contributed by atoms with van der Waals surface area (Å²) >= 11 is 11.5. The Morgan fingerprint density at radius 1 is 1.00 bits per heavy atom. The van der Waals surface area contributed by atoms with Crippen molar-refractivity contribution in [3.8, 4) is 0 Å². The summed E-state index contributed by atoms with van der Waals surface area (Å²) in [4.78, 5) is 0. The molecule has 0 amide bonds. The molecule has 0 aliphatic heterocycles. The quantitative estimate of drug-likeness (QED) is 0.573. The van der Waals surface area contributed by atoms with Gasteiger partial charge in [-0.05, 0) is 26.8 Å². The van der Waals surface area contributed by atoms with Gasteiger partial charge in [0.15, 0.2) is 0 Å². The first-order valence-electron chi connectivity index (χ1n) is 3.40. The van der Waals surface area contributed by atoms with Gasteiger partial charge < -0.3 is 0 Å². The lowest BCUT2D eigenvalue weighted by molar-refractivity contribution is 1.39. The van der Waals surface area contributed by atoms with Crippen LogP contribution in [0, 0.1) is 0 Å². The fourth-order valence-electron chi connectivity index (χ4n) is 0.457. The third-order valence-electron chi connectivity index (χ3n) is 1.04. The fraction of sp³-hybridized carbons (Fsp3) is 0.333. The van der Waals surface area contributed by atoms with Crippen LogP contribution in [0.4, 0.5) is 0 Å². The normalized spacial score (nSPS) is 13.2. The Labute approximate surface area is 78.2 Å². The van der Waals surface area contributed by atoms with Crippen LogP contribution < -0.4 is 0 Å². The number of halogens is 2. The van der Waals surface area contributed by atoms with Crippen LogP contribution in [-0.4, -0.2) is 0 Å². The summed E-state index contributed by atoms with van der Waals surface area (Å²) in [6.45, 7) is 5.86. The van der Waals surface area contributed by atoms with Gasteiger partial charge in [-0.1, -0.05) is 40.9 Å². The molecule has 0 bridgehead atoms. The molecule has 0 N–H and O–H groups in total. The van der Waals surface area contributed by atoms with Crippen LogP contribution in [0.25, 0.3) is 0 Å². The summed E-state index contributed by atoms with van der Waals surface area (Å²) in [6, 6.07) is 0. The first-order chi connectivity index (χ1) is 5.07. The molecule has 0 saturated carbocycles. The lowest BCUT2D eigenvalue weighted by Gasteiger charge is -1.92. The molecule has 0 aliphatic carbocycles. The molecule has 0 spiro atoms. The number of hydrogen-bond acceptors (Lipinski definition) is 0. The van der Waals surface area contributed by atoms with Crippen molar-refractivity contribution >= 4 is 23.2 Å². The number of rotatable bonds is 2. The van der Waals surface area contributed by atoms with E-state index in [0.717, 1.165) is 0 Å². The molecule has 62 valence electrons. The molecule has 0 nitrogen and oxygen atoms in total. The van der Waals surface area contributed by atoms with E-state index in [1.807, 2.05) is 26.8 Å². The second kappa shape index (κ2) is 5.45. The fourth-order valence-corrected chi connectivity index (χ4v) is 0.692. The minimum atomic E-state index is 0.579. The Bertz CT molecular complexity index is 206. The van der Waals surface area contributed by atoms with E-state index in [9.17, 15) is 0 Å². The molecule has 11 heavy (non-hydrogen) atoms. The average molecular weight is 191 g/mol. The molecular weight excluding hydrogens is 179 g/mol. The Kier molecular flexibility index (Phi) is 5.35. The van der Waals surface area contributed by atoms with Crippen molar-refractivity contribution in [2.24, 2.45) is 0 Å². The van der Waals surface area contributed by atoms with Crippen molar-refractivity contribution < 1.29 is 0 Å². The summed E-state index contributed by atoms with van der Waals surface area (Å²) < 4.78 is 0. The topological polar surface area (TPSA) is 0 Å². The average Bonchev–Trinajstić information content (AvgIpc) is 1.98. The van der Waals surface area contributed by atoms with E-state index >= 15 is 0 Å². The van der Waals surface area contributed by atoms with Crippen LogP contribution in [0.1, 0.15) is 20.8 Å². The molecule has 0 unspecified atom stereocenters. The predicted octanol–water partition coefficient (Wildman–Crippen LogP) is 4.22. The van der Waals surface area contributed by atoms with Gasteiger partial charge in [0.2, 0.25) is 0 Å². The molecule has 0 rings (SSSR count). The van der Waals surface area contributed by atoms with Crippen molar-refractivity contribution in [1.82, 2.24) is 0 Å². The zero-order chi connectivity index (χ0) is 8.85. The summed E-state index contributed by atoms with van der Waals surface area (Å²) in [5.41, 5.74) is 1.20. The Morgan fingerprint density at radius 2 is 1.55 bits per heavy atom. The van der Waals surface area contributed by atoms with Crippen molar-refractivity contribution in [3.05, 3.63) is 33.9 Å². The monoisotopic (exact) mass is 190 g/mol. The van der Waals surface area contributed by atoms with Gasteiger partial charge in [-0.25, -0.2) is 0 Å². The molecule has 0 aromatic rings. The third-order valence-corrected chi connectivity index (χ3v) is 1.89. The van der Waals surface area contributed by atoms with Crippen molar-refractivity contribution in [3.63, 3.8) is 0 Å². The minimum absolute atomic E-state index is 0.579. The zero-order valence-electron chi connectivity index (χ0n) is 6.99. The molecule has 0 saturated heterocycles. The van der Waals surface area contributed by atoms with Crippen LogP contribution in [0.15, 0.2) is 33.9 Å². The molecule has 2 heteroatoms. The van der Waals surface area contributed by atoms with Gasteiger partial charge in [0.1, 0.15) is 0 Å². The molecule has 0 heterocycles. The molecule has 0 aromatic carbocycles. The first kappa shape index (κ1) is 10.8. The lowest BCUT2D eigenvalue weighted by Crippen LogP contribution is -1.70.